The van der Waals surface area contributed by atoms with Gasteiger partial charge in [-0.1, -0.05) is 41.9 Å². The van der Waals surface area contributed by atoms with E-state index in [-0.39, 0.29) is 6.04 Å². The molecule has 0 unspecified atom stereocenters. The lowest BCUT2D eigenvalue weighted by Crippen LogP contribution is -2.30. The SMILES string of the molecule is Clc1ccc2c(c1)[C@@H]1c3ccccc3C[C@@H]1[C@H](c1ccccn1)N2. The third kappa shape index (κ3) is 2.06. The molecule has 2 aliphatic rings. The fourth-order valence-corrected chi connectivity index (χ4v) is 4.57. The highest BCUT2D eigenvalue weighted by Gasteiger charge is 2.43. The monoisotopic (exact) mass is 332 g/mol. The smallest absolute Gasteiger partial charge is 0.0725 e. The van der Waals surface area contributed by atoms with Gasteiger partial charge in [-0.2, -0.15) is 0 Å². The van der Waals surface area contributed by atoms with Crippen LogP contribution in [0.15, 0.2) is 66.9 Å². The van der Waals surface area contributed by atoms with Crippen LogP contribution in [0.25, 0.3) is 0 Å². The Morgan fingerprint density at radius 2 is 1.83 bits per heavy atom. The van der Waals surface area contributed by atoms with Crippen molar-refractivity contribution in [3.8, 4) is 0 Å². The fourth-order valence-electron chi connectivity index (χ4n) is 4.38. The molecule has 1 aliphatic heterocycles. The minimum atomic E-state index is 0.220. The van der Waals surface area contributed by atoms with E-state index in [2.05, 4.69) is 58.8 Å². The zero-order valence-electron chi connectivity index (χ0n) is 13.1. The van der Waals surface area contributed by atoms with Crippen LogP contribution in [0.4, 0.5) is 5.69 Å². The molecule has 0 saturated heterocycles. The average Bonchev–Trinajstić information content (AvgIpc) is 3.02. The number of nitrogens with zero attached hydrogens (tertiary/aromatic N) is 1. The van der Waals surface area contributed by atoms with Crippen molar-refractivity contribution in [3.05, 3.63) is 94.3 Å². The van der Waals surface area contributed by atoms with Gasteiger partial charge in [0.15, 0.2) is 0 Å². The van der Waals surface area contributed by atoms with Crippen LogP contribution in [0.3, 0.4) is 0 Å². The van der Waals surface area contributed by atoms with Crippen LogP contribution in [0.2, 0.25) is 5.02 Å². The Bertz CT molecular complexity index is 907. The van der Waals surface area contributed by atoms with Crippen molar-refractivity contribution in [2.75, 3.05) is 5.32 Å². The summed E-state index contributed by atoms with van der Waals surface area (Å²) < 4.78 is 0. The Morgan fingerprint density at radius 3 is 2.71 bits per heavy atom. The van der Waals surface area contributed by atoms with E-state index < -0.39 is 0 Å². The second-order valence-corrected chi connectivity index (χ2v) is 7.09. The minimum Gasteiger partial charge on any atom is -0.376 e. The highest BCUT2D eigenvalue weighted by atomic mass is 35.5. The van der Waals surface area contributed by atoms with Gasteiger partial charge in [-0.3, -0.25) is 4.98 Å². The Kier molecular flexibility index (Phi) is 3.14. The van der Waals surface area contributed by atoms with Crippen LogP contribution < -0.4 is 5.32 Å². The Labute approximate surface area is 146 Å². The highest BCUT2D eigenvalue weighted by molar-refractivity contribution is 6.30. The van der Waals surface area contributed by atoms with Crippen LogP contribution in [-0.4, -0.2) is 4.98 Å². The van der Waals surface area contributed by atoms with Gasteiger partial charge in [0.25, 0.3) is 0 Å². The lowest BCUT2D eigenvalue weighted by atomic mass is 9.76. The maximum absolute atomic E-state index is 6.31. The Morgan fingerprint density at radius 1 is 0.958 bits per heavy atom. The van der Waals surface area contributed by atoms with Crippen molar-refractivity contribution in [2.24, 2.45) is 5.92 Å². The van der Waals surface area contributed by atoms with Gasteiger partial charge < -0.3 is 5.32 Å². The van der Waals surface area contributed by atoms with Gasteiger partial charge in [-0.05, 0) is 59.4 Å². The summed E-state index contributed by atoms with van der Waals surface area (Å²) in [6, 6.07) is 21.4. The van der Waals surface area contributed by atoms with E-state index >= 15 is 0 Å². The molecular formula is C21H17ClN2. The summed E-state index contributed by atoms with van der Waals surface area (Å²) in [4.78, 5) is 4.63. The number of hydrogen-bond acceptors (Lipinski definition) is 2. The third-order valence-corrected chi connectivity index (χ3v) is 5.60. The molecule has 0 radical (unpaired) electrons. The van der Waals surface area contributed by atoms with E-state index in [9.17, 15) is 0 Å². The first kappa shape index (κ1) is 14.1. The van der Waals surface area contributed by atoms with Crippen LogP contribution in [0.5, 0.6) is 0 Å². The molecule has 2 aromatic carbocycles. The molecule has 3 heteroatoms. The van der Waals surface area contributed by atoms with Crippen molar-refractivity contribution in [2.45, 2.75) is 18.4 Å². The lowest BCUT2D eigenvalue weighted by Gasteiger charge is -2.37. The van der Waals surface area contributed by atoms with E-state index in [0.29, 0.717) is 11.8 Å². The molecule has 3 atom stereocenters. The minimum absolute atomic E-state index is 0.220. The summed E-state index contributed by atoms with van der Waals surface area (Å²) in [5.74, 6) is 0.839. The molecule has 3 aromatic rings. The van der Waals surface area contributed by atoms with Crippen molar-refractivity contribution in [3.63, 3.8) is 0 Å². The molecular weight excluding hydrogens is 316 g/mol. The standard InChI is InChI=1S/C21H17ClN2/c22-14-8-9-18-16(12-14)20-15-6-2-1-5-13(15)11-17(20)21(24-18)19-7-3-4-10-23-19/h1-10,12,17,20-21,24H,11H2/t17-,20-,21+/m0/s1. The largest absolute Gasteiger partial charge is 0.376 e. The summed E-state index contributed by atoms with van der Waals surface area (Å²) in [5.41, 5.74) is 6.48. The van der Waals surface area contributed by atoms with Gasteiger partial charge in [0.1, 0.15) is 0 Å². The number of nitrogens with one attached hydrogen (secondary N) is 1. The molecule has 0 bridgehead atoms. The van der Waals surface area contributed by atoms with E-state index in [4.69, 9.17) is 11.6 Å². The average molecular weight is 333 g/mol. The first-order valence-electron chi connectivity index (χ1n) is 8.36. The summed E-state index contributed by atoms with van der Waals surface area (Å²) in [5, 5.41) is 4.53. The quantitative estimate of drug-likeness (QED) is 0.662. The summed E-state index contributed by atoms with van der Waals surface area (Å²) in [7, 11) is 0. The van der Waals surface area contributed by atoms with Crippen molar-refractivity contribution in [1.82, 2.24) is 4.98 Å². The molecule has 118 valence electrons. The number of benzene rings is 2. The summed E-state index contributed by atoms with van der Waals surface area (Å²) in [6.07, 6.45) is 2.95. The molecule has 1 aliphatic carbocycles. The molecule has 0 saturated carbocycles. The van der Waals surface area contributed by atoms with Crippen LogP contribution >= 0.6 is 11.6 Å². The molecule has 0 amide bonds. The van der Waals surface area contributed by atoms with Gasteiger partial charge in [0.2, 0.25) is 0 Å². The van der Waals surface area contributed by atoms with E-state index in [1.54, 1.807) is 0 Å². The van der Waals surface area contributed by atoms with Crippen LogP contribution in [0, 0.1) is 5.92 Å². The number of aromatic nitrogens is 1. The van der Waals surface area contributed by atoms with E-state index in [1.807, 2.05) is 18.3 Å². The summed E-state index contributed by atoms with van der Waals surface area (Å²) in [6.45, 7) is 0. The van der Waals surface area contributed by atoms with Gasteiger partial charge in [-0.15, -0.1) is 0 Å². The van der Waals surface area contributed by atoms with Crippen LogP contribution in [0.1, 0.15) is 34.3 Å². The molecule has 0 spiro atoms. The van der Waals surface area contributed by atoms with E-state index in [1.165, 1.54) is 22.4 Å². The second kappa shape index (κ2) is 5.35. The van der Waals surface area contributed by atoms with Gasteiger partial charge >= 0.3 is 0 Å². The lowest BCUT2D eigenvalue weighted by molar-refractivity contribution is 0.414. The molecule has 24 heavy (non-hydrogen) atoms. The number of rotatable bonds is 1. The molecule has 1 aromatic heterocycles. The van der Waals surface area contributed by atoms with E-state index in [0.717, 1.165) is 17.1 Å². The molecule has 2 heterocycles. The first-order valence-corrected chi connectivity index (χ1v) is 8.74. The number of hydrogen-bond donors (Lipinski definition) is 1. The first-order chi connectivity index (χ1) is 11.8. The highest BCUT2D eigenvalue weighted by Crippen LogP contribution is 2.53. The fraction of sp³-hybridized carbons (Fsp3) is 0.190. The van der Waals surface area contributed by atoms with Gasteiger partial charge in [0.05, 0.1) is 11.7 Å². The molecule has 0 fully saturated rings. The predicted molar refractivity (Wildman–Crippen MR) is 97.5 cm³/mol. The Hall–Kier alpha value is -2.32. The van der Waals surface area contributed by atoms with Crippen LogP contribution in [-0.2, 0) is 6.42 Å². The third-order valence-electron chi connectivity index (χ3n) is 5.37. The number of anilines is 1. The van der Waals surface area contributed by atoms with Gasteiger partial charge in [-0.25, -0.2) is 0 Å². The van der Waals surface area contributed by atoms with Crippen molar-refractivity contribution in [1.29, 1.82) is 0 Å². The normalized spacial score (nSPS) is 23.8. The number of pyridine rings is 1. The maximum atomic E-state index is 6.31. The Balaban J connectivity index is 1.70. The zero-order chi connectivity index (χ0) is 16.1. The molecule has 1 N–H and O–H groups in total. The summed E-state index contributed by atoms with van der Waals surface area (Å²) >= 11 is 6.31. The number of fused-ring (bicyclic) bond motifs is 5. The maximum Gasteiger partial charge on any atom is 0.0725 e. The molecule has 2 nitrogen and oxygen atoms in total. The molecule has 5 rings (SSSR count). The number of halogens is 1. The van der Waals surface area contributed by atoms with Crippen molar-refractivity contribution < 1.29 is 0 Å². The van der Waals surface area contributed by atoms with Gasteiger partial charge in [0, 0.05) is 22.8 Å². The van der Waals surface area contributed by atoms with Crippen molar-refractivity contribution >= 4 is 17.3 Å². The predicted octanol–water partition coefficient (Wildman–Crippen LogP) is 5.21. The topological polar surface area (TPSA) is 24.9 Å². The zero-order valence-corrected chi connectivity index (χ0v) is 13.9. The second-order valence-electron chi connectivity index (χ2n) is 6.65.